The number of para-hydroxylation sites is 2. The molecular formula is C42H33N3O. The number of pyridine rings is 2. The number of anilines is 3. The Hall–Kier alpha value is -6.00. The molecule has 0 aliphatic heterocycles. The van der Waals surface area contributed by atoms with Crippen molar-refractivity contribution in [2.24, 2.45) is 0 Å². The molecule has 0 bridgehead atoms. The lowest BCUT2D eigenvalue weighted by Crippen LogP contribution is -2.14. The van der Waals surface area contributed by atoms with E-state index in [0.717, 1.165) is 56.4 Å². The van der Waals surface area contributed by atoms with Gasteiger partial charge >= 0.3 is 0 Å². The first-order valence-electron chi connectivity index (χ1n) is 15.4. The SMILES string of the molecule is Cc1cccc(C)c1-c1cc(-c2cccc(N(c3ccccn3)c3ccccc3-c3ccccc3)n2)cc(-c2ccccc2O)c1. The summed E-state index contributed by atoms with van der Waals surface area (Å²) in [6, 6.07) is 51.1. The summed E-state index contributed by atoms with van der Waals surface area (Å²) >= 11 is 0. The maximum absolute atomic E-state index is 10.9. The number of aromatic hydroxyl groups is 1. The molecule has 46 heavy (non-hydrogen) atoms. The maximum Gasteiger partial charge on any atom is 0.139 e. The fraction of sp³-hybridized carbons (Fsp3) is 0.0476. The second-order valence-corrected chi connectivity index (χ2v) is 11.4. The zero-order valence-corrected chi connectivity index (χ0v) is 25.8. The molecule has 0 aliphatic rings. The van der Waals surface area contributed by atoms with Crippen molar-refractivity contribution in [3.8, 4) is 50.4 Å². The molecule has 5 aromatic carbocycles. The summed E-state index contributed by atoms with van der Waals surface area (Å²) in [4.78, 5) is 12.2. The van der Waals surface area contributed by atoms with Crippen LogP contribution in [0.5, 0.6) is 5.75 Å². The summed E-state index contributed by atoms with van der Waals surface area (Å²) in [7, 11) is 0. The molecule has 2 heterocycles. The highest BCUT2D eigenvalue weighted by atomic mass is 16.3. The van der Waals surface area contributed by atoms with Crippen LogP contribution in [0.25, 0.3) is 44.6 Å². The molecule has 0 saturated carbocycles. The average Bonchev–Trinajstić information content (AvgIpc) is 3.10. The van der Waals surface area contributed by atoms with E-state index in [1.54, 1.807) is 6.07 Å². The molecule has 222 valence electrons. The second-order valence-electron chi connectivity index (χ2n) is 11.4. The van der Waals surface area contributed by atoms with Gasteiger partial charge in [0.15, 0.2) is 0 Å². The van der Waals surface area contributed by atoms with Crippen LogP contribution < -0.4 is 4.90 Å². The van der Waals surface area contributed by atoms with Crippen LogP contribution in [-0.4, -0.2) is 15.1 Å². The van der Waals surface area contributed by atoms with E-state index in [0.29, 0.717) is 0 Å². The Labute approximate surface area is 269 Å². The fourth-order valence-corrected chi connectivity index (χ4v) is 6.15. The van der Waals surface area contributed by atoms with Crippen molar-refractivity contribution in [3.05, 3.63) is 169 Å². The molecule has 2 aromatic heterocycles. The van der Waals surface area contributed by atoms with Crippen LogP contribution in [0.4, 0.5) is 17.3 Å². The molecule has 0 saturated heterocycles. The van der Waals surface area contributed by atoms with E-state index in [1.165, 1.54) is 16.7 Å². The molecule has 0 unspecified atom stereocenters. The van der Waals surface area contributed by atoms with Crippen LogP contribution >= 0.6 is 0 Å². The summed E-state index contributed by atoms with van der Waals surface area (Å²) in [6.45, 7) is 4.28. The molecule has 0 amide bonds. The van der Waals surface area contributed by atoms with Gasteiger partial charge in [-0.15, -0.1) is 0 Å². The Bertz CT molecular complexity index is 2120. The van der Waals surface area contributed by atoms with Crippen LogP contribution in [0.2, 0.25) is 0 Å². The third-order valence-corrected chi connectivity index (χ3v) is 8.29. The Morgan fingerprint density at radius 2 is 1.13 bits per heavy atom. The summed E-state index contributed by atoms with van der Waals surface area (Å²) in [6.07, 6.45) is 1.81. The smallest absolute Gasteiger partial charge is 0.139 e. The molecule has 0 fully saturated rings. The lowest BCUT2D eigenvalue weighted by molar-refractivity contribution is 0.477. The monoisotopic (exact) mass is 595 g/mol. The van der Waals surface area contributed by atoms with Crippen LogP contribution in [0.3, 0.4) is 0 Å². The third-order valence-electron chi connectivity index (χ3n) is 8.29. The van der Waals surface area contributed by atoms with Crippen molar-refractivity contribution in [2.45, 2.75) is 13.8 Å². The number of phenols is 1. The minimum Gasteiger partial charge on any atom is -0.507 e. The Morgan fingerprint density at radius 3 is 1.89 bits per heavy atom. The normalized spacial score (nSPS) is 10.9. The minimum atomic E-state index is 0.243. The zero-order valence-electron chi connectivity index (χ0n) is 25.8. The molecule has 7 rings (SSSR count). The van der Waals surface area contributed by atoms with Crippen LogP contribution in [0.1, 0.15) is 11.1 Å². The van der Waals surface area contributed by atoms with E-state index in [2.05, 4.69) is 97.6 Å². The van der Waals surface area contributed by atoms with Gasteiger partial charge in [0.2, 0.25) is 0 Å². The molecular weight excluding hydrogens is 562 g/mol. The zero-order chi connectivity index (χ0) is 31.5. The van der Waals surface area contributed by atoms with Gasteiger partial charge in [-0.05, 0) is 102 Å². The van der Waals surface area contributed by atoms with Crippen molar-refractivity contribution in [2.75, 3.05) is 4.90 Å². The number of nitrogens with zero attached hydrogens (tertiary/aromatic N) is 3. The number of benzene rings is 5. The number of aryl methyl sites for hydroxylation is 2. The van der Waals surface area contributed by atoms with Gasteiger partial charge in [0.25, 0.3) is 0 Å². The number of rotatable bonds is 7. The highest BCUT2D eigenvalue weighted by Gasteiger charge is 2.20. The molecule has 0 atom stereocenters. The second kappa shape index (κ2) is 12.5. The first-order valence-corrected chi connectivity index (χ1v) is 15.4. The van der Waals surface area contributed by atoms with Gasteiger partial charge in [0, 0.05) is 22.9 Å². The number of aromatic nitrogens is 2. The predicted octanol–water partition coefficient (Wildman–Crippen LogP) is 10.9. The molecule has 4 heteroatoms. The summed E-state index contributed by atoms with van der Waals surface area (Å²) in [5.74, 6) is 1.77. The summed E-state index contributed by atoms with van der Waals surface area (Å²) in [5.41, 5.74) is 11.3. The topological polar surface area (TPSA) is 49.2 Å². The van der Waals surface area contributed by atoms with Gasteiger partial charge in [-0.2, -0.15) is 0 Å². The standard InChI is InChI=1S/C42H33N3O/c1-29-14-12-15-30(2)42(29)34-27-32(36-19-7-9-22-39(36)46)26-33(28-34)37-20-13-24-41(44-37)45(40-23-10-11-25-43-40)38-21-8-6-18-35(38)31-16-4-3-5-17-31/h3-28,46H,1-2H3. The van der Waals surface area contributed by atoms with Crippen molar-refractivity contribution in [1.29, 1.82) is 0 Å². The molecule has 0 spiro atoms. The lowest BCUT2D eigenvalue weighted by atomic mass is 9.90. The summed E-state index contributed by atoms with van der Waals surface area (Å²) < 4.78 is 0. The summed E-state index contributed by atoms with van der Waals surface area (Å²) in [5, 5.41) is 10.9. The van der Waals surface area contributed by atoms with E-state index in [9.17, 15) is 5.11 Å². The van der Waals surface area contributed by atoms with Gasteiger partial charge in [-0.3, -0.25) is 4.90 Å². The van der Waals surface area contributed by atoms with E-state index in [4.69, 9.17) is 9.97 Å². The highest BCUT2D eigenvalue weighted by Crippen LogP contribution is 2.41. The van der Waals surface area contributed by atoms with Crippen molar-refractivity contribution in [3.63, 3.8) is 0 Å². The van der Waals surface area contributed by atoms with Crippen LogP contribution in [0, 0.1) is 13.8 Å². The minimum absolute atomic E-state index is 0.243. The number of hydrogen-bond donors (Lipinski definition) is 1. The van der Waals surface area contributed by atoms with Gasteiger partial charge in [0.05, 0.1) is 11.4 Å². The van der Waals surface area contributed by atoms with Gasteiger partial charge in [-0.25, -0.2) is 9.97 Å². The molecule has 7 aromatic rings. The van der Waals surface area contributed by atoms with Crippen LogP contribution in [0.15, 0.2) is 158 Å². The first kappa shape index (κ1) is 28.8. The van der Waals surface area contributed by atoms with Gasteiger partial charge in [0.1, 0.15) is 17.4 Å². The Balaban J connectivity index is 1.43. The van der Waals surface area contributed by atoms with E-state index in [1.807, 2.05) is 72.9 Å². The number of hydrogen-bond acceptors (Lipinski definition) is 4. The molecule has 0 radical (unpaired) electrons. The maximum atomic E-state index is 10.9. The van der Waals surface area contributed by atoms with E-state index < -0.39 is 0 Å². The third kappa shape index (κ3) is 5.64. The average molecular weight is 596 g/mol. The fourth-order valence-electron chi connectivity index (χ4n) is 6.15. The number of phenolic OH excluding ortho intramolecular Hbond substituents is 1. The van der Waals surface area contributed by atoms with Crippen LogP contribution in [-0.2, 0) is 0 Å². The Morgan fingerprint density at radius 1 is 0.500 bits per heavy atom. The van der Waals surface area contributed by atoms with Gasteiger partial charge in [-0.1, -0.05) is 97.1 Å². The quantitative estimate of drug-likeness (QED) is 0.199. The van der Waals surface area contributed by atoms with E-state index >= 15 is 0 Å². The van der Waals surface area contributed by atoms with Crippen molar-refractivity contribution >= 4 is 17.3 Å². The largest absolute Gasteiger partial charge is 0.507 e. The highest BCUT2D eigenvalue weighted by molar-refractivity contribution is 5.88. The molecule has 4 nitrogen and oxygen atoms in total. The van der Waals surface area contributed by atoms with Crippen molar-refractivity contribution < 1.29 is 5.11 Å². The van der Waals surface area contributed by atoms with Gasteiger partial charge < -0.3 is 5.11 Å². The van der Waals surface area contributed by atoms with E-state index in [-0.39, 0.29) is 5.75 Å². The van der Waals surface area contributed by atoms with Crippen molar-refractivity contribution in [1.82, 2.24) is 9.97 Å². The Kier molecular flexibility index (Phi) is 7.84. The first-order chi connectivity index (χ1) is 22.6. The molecule has 0 aliphatic carbocycles. The predicted molar refractivity (Wildman–Crippen MR) is 190 cm³/mol. The lowest BCUT2D eigenvalue weighted by Gasteiger charge is -2.26. The molecule has 1 N–H and O–H groups in total.